The van der Waals surface area contributed by atoms with Crippen LogP contribution in [0.1, 0.15) is 16.1 Å². The Hall–Kier alpha value is -2.97. The van der Waals surface area contributed by atoms with Gasteiger partial charge in [0.2, 0.25) is 5.91 Å². The van der Waals surface area contributed by atoms with Crippen LogP contribution in [0.25, 0.3) is 0 Å². The van der Waals surface area contributed by atoms with Crippen LogP contribution in [0.4, 0.5) is 11.4 Å². The molecule has 28 heavy (non-hydrogen) atoms. The maximum absolute atomic E-state index is 12.2. The Morgan fingerprint density at radius 1 is 0.929 bits per heavy atom. The molecule has 142 valence electrons. The number of halogens is 1. The molecule has 0 saturated heterocycles. The molecule has 3 rings (SSSR count). The molecule has 0 aliphatic rings. The Labute approximate surface area is 175 Å². The minimum atomic E-state index is -0.462. The minimum absolute atomic E-state index is 0.116. The number of carbonyl (C=O) groups excluding carboxylic acids is 2. The van der Waals surface area contributed by atoms with E-state index in [0.717, 1.165) is 5.56 Å². The number of rotatable bonds is 5. The van der Waals surface area contributed by atoms with Crippen molar-refractivity contribution in [2.24, 2.45) is 0 Å². The van der Waals surface area contributed by atoms with Crippen LogP contribution in [0.3, 0.4) is 0 Å². The Kier molecular flexibility index (Phi) is 6.57. The third-order valence-corrected chi connectivity index (χ3v) is 4.27. The number of furan rings is 1. The van der Waals surface area contributed by atoms with Gasteiger partial charge in [0.15, 0.2) is 15.5 Å². The average molecular weight is 458 g/mol. The third-order valence-electron chi connectivity index (χ3n) is 3.64. The highest BCUT2D eigenvalue weighted by molar-refractivity contribution is 9.10. The van der Waals surface area contributed by atoms with Crippen molar-refractivity contribution in [2.45, 2.75) is 6.42 Å². The predicted octanol–water partition coefficient (Wildman–Crippen LogP) is 4.35. The predicted molar refractivity (Wildman–Crippen MR) is 115 cm³/mol. The molecule has 0 radical (unpaired) electrons. The zero-order chi connectivity index (χ0) is 19.9. The Morgan fingerprint density at radius 2 is 1.64 bits per heavy atom. The number of hydrogen-bond acceptors (Lipinski definition) is 4. The lowest BCUT2D eigenvalue weighted by Crippen LogP contribution is -2.33. The number of carbonyl (C=O) groups is 2. The minimum Gasteiger partial charge on any atom is -0.444 e. The van der Waals surface area contributed by atoms with Crippen LogP contribution < -0.4 is 16.0 Å². The van der Waals surface area contributed by atoms with Crippen molar-refractivity contribution in [1.29, 1.82) is 0 Å². The fourth-order valence-electron chi connectivity index (χ4n) is 2.42. The van der Waals surface area contributed by atoms with Gasteiger partial charge in [0.05, 0.1) is 6.42 Å². The van der Waals surface area contributed by atoms with Gasteiger partial charge in [-0.2, -0.15) is 0 Å². The summed E-state index contributed by atoms with van der Waals surface area (Å²) in [7, 11) is 0. The summed E-state index contributed by atoms with van der Waals surface area (Å²) in [5, 5.41) is 8.40. The highest BCUT2D eigenvalue weighted by Crippen LogP contribution is 2.16. The third kappa shape index (κ3) is 5.77. The summed E-state index contributed by atoms with van der Waals surface area (Å²) in [6.45, 7) is 0. The molecule has 0 bridgehead atoms. The first-order chi connectivity index (χ1) is 13.5. The van der Waals surface area contributed by atoms with Gasteiger partial charge in [0.25, 0.3) is 5.91 Å². The smallest absolute Gasteiger partial charge is 0.293 e. The first-order valence-corrected chi connectivity index (χ1v) is 9.51. The van der Waals surface area contributed by atoms with Crippen LogP contribution in [0.15, 0.2) is 75.8 Å². The van der Waals surface area contributed by atoms with Gasteiger partial charge in [-0.25, -0.2) is 0 Å². The van der Waals surface area contributed by atoms with Gasteiger partial charge in [0, 0.05) is 11.4 Å². The lowest BCUT2D eigenvalue weighted by atomic mass is 10.1. The van der Waals surface area contributed by atoms with E-state index >= 15 is 0 Å². The largest absolute Gasteiger partial charge is 0.444 e. The van der Waals surface area contributed by atoms with Crippen molar-refractivity contribution in [3.8, 4) is 0 Å². The molecule has 0 aliphatic carbocycles. The first kappa shape index (κ1) is 19.8. The van der Waals surface area contributed by atoms with Crippen LogP contribution in [0.2, 0.25) is 0 Å². The number of nitrogens with one attached hydrogen (secondary N) is 3. The molecule has 3 aromatic rings. The lowest BCUT2D eigenvalue weighted by Gasteiger charge is -2.11. The van der Waals surface area contributed by atoms with Crippen LogP contribution in [-0.2, 0) is 11.2 Å². The van der Waals surface area contributed by atoms with E-state index in [2.05, 4.69) is 31.9 Å². The van der Waals surface area contributed by atoms with Gasteiger partial charge in [-0.1, -0.05) is 36.4 Å². The maximum atomic E-state index is 12.2. The quantitative estimate of drug-likeness (QED) is 0.496. The molecule has 6 nitrogen and oxygen atoms in total. The molecule has 0 unspecified atom stereocenters. The second-order valence-corrected chi connectivity index (χ2v) is 6.99. The lowest BCUT2D eigenvalue weighted by molar-refractivity contribution is -0.115. The van der Waals surface area contributed by atoms with Crippen molar-refractivity contribution in [2.75, 3.05) is 10.6 Å². The van der Waals surface area contributed by atoms with E-state index < -0.39 is 5.91 Å². The van der Waals surface area contributed by atoms with Crippen molar-refractivity contribution in [1.82, 2.24) is 5.32 Å². The van der Waals surface area contributed by atoms with E-state index in [-0.39, 0.29) is 23.2 Å². The zero-order valence-electron chi connectivity index (χ0n) is 14.6. The van der Waals surface area contributed by atoms with Crippen molar-refractivity contribution < 1.29 is 14.0 Å². The molecule has 2 amide bonds. The summed E-state index contributed by atoms with van der Waals surface area (Å²) in [6.07, 6.45) is 0.283. The van der Waals surface area contributed by atoms with Crippen LogP contribution in [-0.4, -0.2) is 16.9 Å². The Balaban J connectivity index is 1.56. The monoisotopic (exact) mass is 457 g/mol. The fourth-order valence-corrected chi connectivity index (χ4v) is 2.94. The summed E-state index contributed by atoms with van der Waals surface area (Å²) in [5.74, 6) is -0.448. The molecule has 3 N–H and O–H groups in total. The summed E-state index contributed by atoms with van der Waals surface area (Å²) in [5.41, 5.74) is 2.18. The highest BCUT2D eigenvalue weighted by atomic mass is 79.9. The van der Waals surface area contributed by atoms with E-state index in [9.17, 15) is 9.59 Å². The average Bonchev–Trinajstić information content (AvgIpc) is 3.09. The molecular weight excluding hydrogens is 442 g/mol. The van der Waals surface area contributed by atoms with Gasteiger partial charge >= 0.3 is 0 Å². The summed E-state index contributed by atoms with van der Waals surface area (Å²) in [4.78, 5) is 24.2. The van der Waals surface area contributed by atoms with E-state index in [4.69, 9.17) is 16.6 Å². The zero-order valence-corrected chi connectivity index (χ0v) is 17.0. The van der Waals surface area contributed by atoms with Crippen molar-refractivity contribution in [3.63, 3.8) is 0 Å². The molecule has 2 aromatic carbocycles. The Morgan fingerprint density at radius 3 is 2.32 bits per heavy atom. The van der Waals surface area contributed by atoms with Gasteiger partial charge in [0.1, 0.15) is 0 Å². The number of benzene rings is 2. The molecule has 0 aliphatic heterocycles. The van der Waals surface area contributed by atoms with Gasteiger partial charge in [-0.3, -0.25) is 14.9 Å². The molecule has 0 atom stereocenters. The standard InChI is InChI=1S/C20H16BrN3O3S/c21-17-10-9-16(27-17)19(26)24-20(28)23-15-8-4-7-14(12-15)22-18(25)11-13-5-2-1-3-6-13/h1-10,12H,11H2,(H,22,25)(H2,23,24,26,28). The Bertz CT molecular complexity index is 1000. The van der Waals surface area contributed by atoms with E-state index in [1.54, 1.807) is 30.3 Å². The van der Waals surface area contributed by atoms with Gasteiger partial charge in [-0.05, 0) is 64.0 Å². The molecule has 1 heterocycles. The second-order valence-electron chi connectivity index (χ2n) is 5.80. The van der Waals surface area contributed by atoms with E-state index in [1.165, 1.54) is 6.07 Å². The molecule has 1 aromatic heterocycles. The number of amides is 2. The molecule has 0 spiro atoms. The summed E-state index contributed by atoms with van der Waals surface area (Å²) >= 11 is 8.29. The highest BCUT2D eigenvalue weighted by Gasteiger charge is 2.12. The number of anilines is 2. The normalized spacial score (nSPS) is 10.2. The van der Waals surface area contributed by atoms with Gasteiger partial charge in [-0.15, -0.1) is 0 Å². The topological polar surface area (TPSA) is 83.4 Å². The van der Waals surface area contributed by atoms with Crippen LogP contribution in [0, 0.1) is 0 Å². The van der Waals surface area contributed by atoms with Gasteiger partial charge < -0.3 is 15.1 Å². The molecule has 0 fully saturated rings. The van der Waals surface area contributed by atoms with E-state index in [1.807, 2.05) is 30.3 Å². The number of thiocarbonyl (C=S) groups is 1. The molecular formula is C20H16BrN3O3S. The summed E-state index contributed by atoms with van der Waals surface area (Å²) < 4.78 is 5.63. The maximum Gasteiger partial charge on any atom is 0.293 e. The van der Waals surface area contributed by atoms with Crippen molar-refractivity contribution in [3.05, 3.63) is 82.7 Å². The molecule has 8 heteroatoms. The van der Waals surface area contributed by atoms with Crippen molar-refractivity contribution >= 4 is 56.4 Å². The van der Waals surface area contributed by atoms with Crippen LogP contribution >= 0.6 is 28.1 Å². The number of hydrogen-bond donors (Lipinski definition) is 3. The summed E-state index contributed by atoms with van der Waals surface area (Å²) in [6, 6.07) is 19.7. The van der Waals surface area contributed by atoms with Crippen LogP contribution in [0.5, 0.6) is 0 Å². The van der Waals surface area contributed by atoms with E-state index in [0.29, 0.717) is 16.0 Å². The second kappa shape index (κ2) is 9.29. The molecule has 0 saturated carbocycles. The SMILES string of the molecule is O=C(Cc1ccccc1)Nc1cccc(NC(=S)NC(=O)c2ccc(Br)o2)c1. The first-order valence-electron chi connectivity index (χ1n) is 8.31. The fraction of sp³-hybridized carbons (Fsp3) is 0.0500.